The van der Waals surface area contributed by atoms with Crippen molar-refractivity contribution >= 4 is 11.6 Å². The first-order chi connectivity index (χ1) is 13.3. The van der Waals surface area contributed by atoms with Crippen molar-refractivity contribution < 1.29 is 0 Å². The molecule has 0 aliphatic heterocycles. The lowest BCUT2D eigenvalue weighted by atomic mass is 9.55. The fourth-order valence-electron chi connectivity index (χ4n) is 6.68. The molecule has 0 heterocycles. The van der Waals surface area contributed by atoms with Gasteiger partial charge in [0.15, 0.2) is 0 Å². The van der Waals surface area contributed by atoms with Crippen molar-refractivity contribution in [2.45, 2.75) is 57.4 Å². The molecule has 2 heteroatoms. The molecule has 2 aromatic rings. The maximum atomic E-state index is 6.02. The second-order valence-electron chi connectivity index (χ2n) is 9.14. The molecular weight excluding hydrogens is 350 g/mol. The van der Waals surface area contributed by atoms with Gasteiger partial charge in [-0.15, -0.1) is 0 Å². The summed E-state index contributed by atoms with van der Waals surface area (Å²) in [4.78, 5) is 0. The fraction of sp³-hybridized carbons (Fsp3) is 0.520. The molecule has 0 saturated heterocycles. The quantitative estimate of drug-likeness (QED) is 0.652. The van der Waals surface area contributed by atoms with Gasteiger partial charge in [-0.3, -0.25) is 0 Å². The predicted octanol–water partition coefficient (Wildman–Crippen LogP) is 6.36. The molecule has 4 atom stereocenters. The maximum absolute atomic E-state index is 6.02. The van der Waals surface area contributed by atoms with Gasteiger partial charge in [-0.25, -0.2) is 0 Å². The summed E-state index contributed by atoms with van der Waals surface area (Å²) in [5.41, 5.74) is 5.19. The molecule has 0 aromatic heterocycles. The normalized spacial score (nSPS) is 31.8. The number of aryl methyl sites for hydroxylation is 1. The Hall–Kier alpha value is -1.31. The van der Waals surface area contributed by atoms with Crippen molar-refractivity contribution in [2.75, 3.05) is 6.54 Å². The number of benzene rings is 2. The van der Waals surface area contributed by atoms with Crippen LogP contribution in [-0.4, -0.2) is 6.54 Å². The van der Waals surface area contributed by atoms with Crippen LogP contribution in [0, 0.1) is 17.3 Å². The molecule has 142 valence electrons. The van der Waals surface area contributed by atoms with E-state index in [-0.39, 0.29) is 0 Å². The third-order valence-electron chi connectivity index (χ3n) is 7.88. The van der Waals surface area contributed by atoms with Gasteiger partial charge in [-0.05, 0) is 90.5 Å². The first kappa shape index (κ1) is 17.8. The minimum Gasteiger partial charge on any atom is -0.312 e. The largest absolute Gasteiger partial charge is 0.312 e. The van der Waals surface area contributed by atoms with Gasteiger partial charge in [0.2, 0.25) is 0 Å². The Kier molecular flexibility index (Phi) is 4.78. The van der Waals surface area contributed by atoms with Crippen LogP contribution in [-0.2, 0) is 13.0 Å². The van der Waals surface area contributed by atoms with E-state index in [2.05, 4.69) is 41.7 Å². The van der Waals surface area contributed by atoms with Gasteiger partial charge in [0.05, 0.1) is 0 Å². The molecule has 3 aliphatic carbocycles. The summed E-state index contributed by atoms with van der Waals surface area (Å²) in [6.07, 6.45) is 9.80. The van der Waals surface area contributed by atoms with Crippen LogP contribution >= 0.6 is 11.6 Å². The minimum absolute atomic E-state index is 0.542. The van der Waals surface area contributed by atoms with Gasteiger partial charge in [0.1, 0.15) is 0 Å². The number of hydrogen-bond donors (Lipinski definition) is 1. The molecule has 1 nitrogen and oxygen atoms in total. The van der Waals surface area contributed by atoms with E-state index in [1.807, 2.05) is 12.1 Å². The van der Waals surface area contributed by atoms with E-state index in [4.69, 9.17) is 11.6 Å². The fourth-order valence-corrected chi connectivity index (χ4v) is 6.81. The smallest absolute Gasteiger partial charge is 0.0406 e. The van der Waals surface area contributed by atoms with Gasteiger partial charge in [-0.1, -0.05) is 54.4 Å². The standard InChI is InChI=1S/C25H30ClN/c26-20-10-7-18(8-11-20)16-27-17-25-14-3-6-24(25)23-12-9-19-4-1-2-5-21(19)22(23)13-15-25/h1-2,4-5,7-8,10-11,22-24,27H,3,6,9,12-17H2/t22-,23-,24+,25+/m1/s1. The molecular formula is C25H30ClN. The molecule has 2 fully saturated rings. The highest BCUT2D eigenvalue weighted by Crippen LogP contribution is 2.60. The first-order valence-corrected chi connectivity index (χ1v) is 11.2. The van der Waals surface area contributed by atoms with Crippen molar-refractivity contribution in [2.24, 2.45) is 17.3 Å². The van der Waals surface area contributed by atoms with Crippen molar-refractivity contribution in [3.8, 4) is 0 Å². The Morgan fingerprint density at radius 3 is 2.70 bits per heavy atom. The summed E-state index contributed by atoms with van der Waals surface area (Å²) in [6.45, 7) is 2.15. The summed E-state index contributed by atoms with van der Waals surface area (Å²) in [7, 11) is 0. The van der Waals surface area contributed by atoms with E-state index in [0.717, 1.165) is 29.3 Å². The number of hydrogen-bond acceptors (Lipinski definition) is 1. The summed E-state index contributed by atoms with van der Waals surface area (Å²) in [5.74, 6) is 2.65. The molecule has 27 heavy (non-hydrogen) atoms. The van der Waals surface area contributed by atoms with Gasteiger partial charge >= 0.3 is 0 Å². The summed E-state index contributed by atoms with van der Waals surface area (Å²) >= 11 is 6.02. The number of nitrogens with one attached hydrogen (secondary N) is 1. The highest BCUT2D eigenvalue weighted by molar-refractivity contribution is 6.30. The van der Waals surface area contributed by atoms with Crippen LogP contribution in [0.5, 0.6) is 0 Å². The van der Waals surface area contributed by atoms with Gasteiger partial charge in [-0.2, -0.15) is 0 Å². The molecule has 0 bridgehead atoms. The molecule has 1 N–H and O–H groups in total. The van der Waals surface area contributed by atoms with Crippen LogP contribution in [0.15, 0.2) is 48.5 Å². The topological polar surface area (TPSA) is 12.0 Å². The lowest BCUT2D eigenvalue weighted by molar-refractivity contribution is 0.0438. The number of rotatable bonds is 4. The lowest BCUT2D eigenvalue weighted by Crippen LogP contribution is -2.46. The van der Waals surface area contributed by atoms with Crippen LogP contribution in [0.4, 0.5) is 0 Å². The summed E-state index contributed by atoms with van der Waals surface area (Å²) < 4.78 is 0. The van der Waals surface area contributed by atoms with E-state index in [1.165, 1.54) is 57.1 Å². The molecule has 3 aliphatic rings. The molecule has 5 rings (SSSR count). The monoisotopic (exact) mass is 379 g/mol. The molecule has 0 amide bonds. The second kappa shape index (κ2) is 7.26. The third-order valence-corrected chi connectivity index (χ3v) is 8.14. The summed E-state index contributed by atoms with van der Waals surface area (Å²) in [6, 6.07) is 17.6. The average molecular weight is 380 g/mol. The van der Waals surface area contributed by atoms with Crippen molar-refractivity contribution in [1.29, 1.82) is 0 Å². The first-order valence-electron chi connectivity index (χ1n) is 10.8. The van der Waals surface area contributed by atoms with E-state index in [0.29, 0.717) is 5.41 Å². The van der Waals surface area contributed by atoms with Crippen molar-refractivity contribution in [3.63, 3.8) is 0 Å². The predicted molar refractivity (Wildman–Crippen MR) is 113 cm³/mol. The third kappa shape index (κ3) is 3.23. The van der Waals surface area contributed by atoms with Crippen molar-refractivity contribution in [3.05, 3.63) is 70.2 Å². The number of halogens is 1. The SMILES string of the molecule is Clc1ccc(CNC[C@@]23CCC[C@H]2[C@@H]2CCc4ccccc4[C@H]2CC3)cc1. The van der Waals surface area contributed by atoms with E-state index < -0.39 is 0 Å². The summed E-state index contributed by atoms with van der Waals surface area (Å²) in [5, 5.41) is 4.65. The van der Waals surface area contributed by atoms with Crippen molar-refractivity contribution in [1.82, 2.24) is 5.32 Å². The Morgan fingerprint density at radius 2 is 1.81 bits per heavy atom. The van der Waals surface area contributed by atoms with Crippen LogP contribution in [0.3, 0.4) is 0 Å². The van der Waals surface area contributed by atoms with Crippen LogP contribution in [0.1, 0.15) is 61.1 Å². The maximum Gasteiger partial charge on any atom is 0.0406 e. The highest BCUT2D eigenvalue weighted by atomic mass is 35.5. The number of fused-ring (bicyclic) bond motifs is 5. The van der Waals surface area contributed by atoms with E-state index >= 15 is 0 Å². The zero-order valence-electron chi connectivity index (χ0n) is 16.1. The molecule has 0 radical (unpaired) electrons. The Bertz CT molecular complexity index is 798. The average Bonchev–Trinajstić information content (AvgIpc) is 3.13. The zero-order chi connectivity index (χ0) is 18.3. The lowest BCUT2D eigenvalue weighted by Gasteiger charge is -2.51. The molecule has 0 unspecified atom stereocenters. The Balaban J connectivity index is 1.30. The van der Waals surface area contributed by atoms with Crippen LogP contribution in [0.25, 0.3) is 0 Å². The zero-order valence-corrected chi connectivity index (χ0v) is 16.8. The molecule has 2 saturated carbocycles. The van der Waals surface area contributed by atoms with Gasteiger partial charge in [0.25, 0.3) is 0 Å². The van der Waals surface area contributed by atoms with E-state index in [1.54, 1.807) is 11.1 Å². The molecule has 0 spiro atoms. The van der Waals surface area contributed by atoms with Crippen LogP contribution in [0.2, 0.25) is 5.02 Å². The minimum atomic E-state index is 0.542. The molecule has 2 aromatic carbocycles. The van der Waals surface area contributed by atoms with E-state index in [9.17, 15) is 0 Å². The Morgan fingerprint density at radius 1 is 0.963 bits per heavy atom. The second-order valence-corrected chi connectivity index (χ2v) is 9.57. The van der Waals surface area contributed by atoms with Gasteiger partial charge < -0.3 is 5.32 Å². The van der Waals surface area contributed by atoms with Gasteiger partial charge in [0, 0.05) is 18.1 Å². The Labute approximate surface area is 168 Å². The highest BCUT2D eigenvalue weighted by Gasteiger charge is 2.52. The van der Waals surface area contributed by atoms with Crippen LogP contribution < -0.4 is 5.32 Å².